The van der Waals surface area contributed by atoms with Gasteiger partial charge in [0.15, 0.2) is 4.80 Å². The Kier molecular flexibility index (Phi) is 6.20. The third kappa shape index (κ3) is 4.21. The molecule has 7 nitrogen and oxygen atoms in total. The summed E-state index contributed by atoms with van der Waals surface area (Å²) in [6.45, 7) is 5.00. The van der Waals surface area contributed by atoms with Crippen molar-refractivity contribution in [1.29, 1.82) is 0 Å². The average Bonchev–Trinajstić information content (AvgIpc) is 3.36. The number of esters is 2. The summed E-state index contributed by atoms with van der Waals surface area (Å²) < 4.78 is 12.5. The molecular formula is C23H20N2O5S2. The van der Waals surface area contributed by atoms with Gasteiger partial charge in [0.2, 0.25) is 0 Å². The van der Waals surface area contributed by atoms with Gasteiger partial charge in [-0.25, -0.2) is 9.79 Å². The molecule has 3 heterocycles. The van der Waals surface area contributed by atoms with Crippen LogP contribution in [-0.4, -0.2) is 23.1 Å². The minimum absolute atomic E-state index is 0.205. The first-order valence-electron chi connectivity index (χ1n) is 9.90. The smallest absolute Gasteiger partial charge is 0.338 e. The second-order valence-electron chi connectivity index (χ2n) is 6.98. The Labute approximate surface area is 191 Å². The van der Waals surface area contributed by atoms with Crippen molar-refractivity contribution in [1.82, 2.24) is 4.57 Å². The number of fused-ring (bicyclic) bond motifs is 1. The van der Waals surface area contributed by atoms with E-state index in [2.05, 4.69) is 4.99 Å². The lowest BCUT2D eigenvalue weighted by molar-refractivity contribution is -0.139. The van der Waals surface area contributed by atoms with E-state index >= 15 is 0 Å². The number of allylic oxidation sites excluding steroid dienone is 1. The number of carbonyl (C=O) groups is 2. The van der Waals surface area contributed by atoms with Gasteiger partial charge in [-0.1, -0.05) is 29.5 Å². The second kappa shape index (κ2) is 9.05. The molecule has 1 aliphatic rings. The summed E-state index contributed by atoms with van der Waals surface area (Å²) >= 11 is 2.82. The number of carbonyl (C=O) groups excluding carboxylic acids is 2. The van der Waals surface area contributed by atoms with Crippen LogP contribution in [0.15, 0.2) is 62.8 Å². The van der Waals surface area contributed by atoms with Crippen molar-refractivity contribution in [3.05, 3.63) is 83.2 Å². The summed E-state index contributed by atoms with van der Waals surface area (Å²) in [5.74, 6) is -0.567. The van der Waals surface area contributed by atoms with Crippen LogP contribution in [0.1, 0.15) is 37.3 Å². The van der Waals surface area contributed by atoms with Gasteiger partial charge in [-0.05, 0) is 49.1 Å². The van der Waals surface area contributed by atoms with Crippen molar-refractivity contribution in [3.8, 4) is 5.75 Å². The SMILES string of the molecule is CCOC(=O)C1=C(C)N=c2s/c(=C\c3cccs3)c(=O)n2C1c1ccc(OC(C)=O)cc1. The maximum Gasteiger partial charge on any atom is 0.338 e. The molecule has 0 radical (unpaired) electrons. The summed E-state index contributed by atoms with van der Waals surface area (Å²) in [5, 5.41) is 1.94. The highest BCUT2D eigenvalue weighted by atomic mass is 32.1. The molecule has 9 heteroatoms. The first-order valence-corrected chi connectivity index (χ1v) is 11.6. The number of benzene rings is 1. The maximum absolute atomic E-state index is 13.4. The molecule has 0 saturated heterocycles. The number of aromatic nitrogens is 1. The minimum Gasteiger partial charge on any atom is -0.463 e. The molecule has 0 bridgehead atoms. The Morgan fingerprint density at radius 3 is 2.59 bits per heavy atom. The summed E-state index contributed by atoms with van der Waals surface area (Å²) in [5.41, 5.74) is 1.26. The molecule has 164 valence electrons. The van der Waals surface area contributed by atoms with E-state index in [0.29, 0.717) is 31.9 Å². The van der Waals surface area contributed by atoms with Gasteiger partial charge >= 0.3 is 11.9 Å². The molecule has 1 aromatic carbocycles. The predicted octanol–water partition coefficient (Wildman–Crippen LogP) is 2.79. The first-order chi connectivity index (χ1) is 15.4. The first kappa shape index (κ1) is 21.9. The van der Waals surface area contributed by atoms with Gasteiger partial charge in [0.05, 0.1) is 28.5 Å². The number of rotatable bonds is 5. The summed E-state index contributed by atoms with van der Waals surface area (Å²) in [4.78, 5) is 43.5. The lowest BCUT2D eigenvalue weighted by Gasteiger charge is -2.24. The standard InChI is InChI=1S/C23H20N2O5S2/c1-4-29-22(28)19-13(2)24-23-25(21(27)18(32-23)12-17-6-5-11-31-17)20(19)15-7-9-16(10-8-15)30-14(3)26/h5-12,20H,4H2,1-3H3/b18-12-. The molecule has 3 aromatic rings. The highest BCUT2D eigenvalue weighted by Gasteiger charge is 2.33. The Bertz CT molecular complexity index is 1380. The van der Waals surface area contributed by atoms with Gasteiger partial charge in [0, 0.05) is 11.8 Å². The van der Waals surface area contributed by atoms with Gasteiger partial charge in [-0.3, -0.25) is 14.2 Å². The Balaban J connectivity index is 1.90. The summed E-state index contributed by atoms with van der Waals surface area (Å²) in [6, 6.07) is 9.89. The zero-order chi connectivity index (χ0) is 22.8. The Hall–Kier alpha value is -3.30. The fourth-order valence-electron chi connectivity index (χ4n) is 3.49. The fraction of sp³-hybridized carbons (Fsp3) is 0.217. The highest BCUT2D eigenvalue weighted by molar-refractivity contribution is 7.11. The molecule has 1 aliphatic heterocycles. The molecule has 0 N–H and O–H groups in total. The Morgan fingerprint density at radius 1 is 1.22 bits per heavy atom. The van der Waals surface area contributed by atoms with Crippen molar-refractivity contribution < 1.29 is 19.1 Å². The molecule has 32 heavy (non-hydrogen) atoms. The molecule has 2 aromatic heterocycles. The lowest BCUT2D eigenvalue weighted by atomic mass is 9.96. The average molecular weight is 469 g/mol. The van der Waals surface area contributed by atoms with Gasteiger partial charge in [-0.2, -0.15) is 0 Å². The molecule has 0 aliphatic carbocycles. The minimum atomic E-state index is -0.706. The predicted molar refractivity (Wildman–Crippen MR) is 122 cm³/mol. The van der Waals surface area contributed by atoms with Crippen LogP contribution >= 0.6 is 22.7 Å². The highest BCUT2D eigenvalue weighted by Crippen LogP contribution is 2.31. The third-order valence-corrected chi connectivity index (χ3v) is 6.59. The molecule has 0 saturated carbocycles. The number of thiazole rings is 1. The normalized spacial score (nSPS) is 15.8. The van der Waals surface area contributed by atoms with Crippen molar-refractivity contribution in [3.63, 3.8) is 0 Å². The van der Waals surface area contributed by atoms with E-state index in [4.69, 9.17) is 9.47 Å². The topological polar surface area (TPSA) is 87.0 Å². The number of ether oxygens (including phenoxy) is 2. The van der Waals surface area contributed by atoms with Crippen molar-refractivity contribution in [2.75, 3.05) is 6.61 Å². The quantitative estimate of drug-likeness (QED) is 0.425. The largest absolute Gasteiger partial charge is 0.463 e. The van der Waals surface area contributed by atoms with Crippen LogP contribution in [0.5, 0.6) is 5.75 Å². The van der Waals surface area contributed by atoms with Crippen LogP contribution in [0.2, 0.25) is 0 Å². The molecule has 1 atom stereocenters. The molecule has 0 spiro atoms. The van der Waals surface area contributed by atoms with Crippen LogP contribution in [0.3, 0.4) is 0 Å². The molecule has 4 rings (SSSR count). The van der Waals surface area contributed by atoms with Gasteiger partial charge in [-0.15, -0.1) is 11.3 Å². The third-order valence-electron chi connectivity index (χ3n) is 4.79. The summed E-state index contributed by atoms with van der Waals surface area (Å²) in [6.07, 6.45) is 1.83. The van der Waals surface area contributed by atoms with Gasteiger partial charge < -0.3 is 9.47 Å². The monoisotopic (exact) mass is 468 g/mol. The van der Waals surface area contributed by atoms with E-state index in [9.17, 15) is 14.4 Å². The van der Waals surface area contributed by atoms with Crippen molar-refractivity contribution >= 4 is 40.7 Å². The van der Waals surface area contributed by atoms with Gasteiger partial charge in [0.25, 0.3) is 5.56 Å². The molecule has 0 fully saturated rings. The van der Waals surface area contributed by atoms with E-state index in [-0.39, 0.29) is 12.2 Å². The number of hydrogen-bond donors (Lipinski definition) is 0. The van der Waals surface area contributed by atoms with Crippen LogP contribution in [0, 0.1) is 0 Å². The zero-order valence-electron chi connectivity index (χ0n) is 17.7. The van der Waals surface area contributed by atoms with Crippen LogP contribution < -0.4 is 19.6 Å². The van der Waals surface area contributed by atoms with Crippen LogP contribution in [0.4, 0.5) is 0 Å². The van der Waals surface area contributed by atoms with E-state index in [1.165, 1.54) is 34.2 Å². The fourth-order valence-corrected chi connectivity index (χ4v) is 5.26. The Morgan fingerprint density at radius 2 is 1.97 bits per heavy atom. The van der Waals surface area contributed by atoms with E-state index < -0.39 is 18.0 Å². The van der Waals surface area contributed by atoms with E-state index in [1.807, 2.05) is 23.6 Å². The van der Waals surface area contributed by atoms with Crippen molar-refractivity contribution in [2.24, 2.45) is 4.99 Å². The van der Waals surface area contributed by atoms with Crippen molar-refractivity contribution in [2.45, 2.75) is 26.8 Å². The number of thiophene rings is 1. The van der Waals surface area contributed by atoms with E-state index in [0.717, 1.165) is 4.88 Å². The molecule has 0 amide bonds. The molecule has 1 unspecified atom stereocenters. The van der Waals surface area contributed by atoms with Crippen LogP contribution in [-0.2, 0) is 14.3 Å². The zero-order valence-corrected chi connectivity index (χ0v) is 19.3. The second-order valence-corrected chi connectivity index (χ2v) is 8.97. The van der Waals surface area contributed by atoms with E-state index in [1.54, 1.807) is 38.1 Å². The number of hydrogen-bond acceptors (Lipinski definition) is 8. The number of nitrogens with zero attached hydrogens (tertiary/aromatic N) is 2. The molecular weight excluding hydrogens is 448 g/mol. The maximum atomic E-state index is 13.4. The lowest BCUT2D eigenvalue weighted by Crippen LogP contribution is -2.39. The van der Waals surface area contributed by atoms with Crippen LogP contribution in [0.25, 0.3) is 6.08 Å². The summed E-state index contributed by atoms with van der Waals surface area (Å²) in [7, 11) is 0. The van der Waals surface area contributed by atoms with Gasteiger partial charge in [0.1, 0.15) is 5.75 Å².